The third-order valence-electron chi connectivity index (χ3n) is 4.99. The van der Waals surface area contributed by atoms with Crippen molar-refractivity contribution in [3.63, 3.8) is 0 Å². The molecule has 0 saturated carbocycles. The van der Waals surface area contributed by atoms with Gasteiger partial charge in [-0.2, -0.15) is 0 Å². The van der Waals surface area contributed by atoms with Crippen LogP contribution in [0.2, 0.25) is 0 Å². The average molecular weight is 419 g/mol. The van der Waals surface area contributed by atoms with Crippen LogP contribution in [0.5, 0.6) is 5.75 Å². The summed E-state index contributed by atoms with van der Waals surface area (Å²) in [5.41, 5.74) is 2.22. The fourth-order valence-electron chi connectivity index (χ4n) is 3.43. The fraction of sp³-hybridized carbons (Fsp3) is 0.565. The van der Waals surface area contributed by atoms with Gasteiger partial charge in [-0.05, 0) is 50.2 Å². The van der Waals surface area contributed by atoms with Gasteiger partial charge in [0.05, 0.1) is 24.8 Å². The van der Waals surface area contributed by atoms with Crippen molar-refractivity contribution in [2.45, 2.75) is 71.8 Å². The van der Waals surface area contributed by atoms with Gasteiger partial charge in [-0.15, -0.1) is 0 Å². The fourth-order valence-corrected chi connectivity index (χ4v) is 3.70. The molecule has 0 aliphatic carbocycles. The second-order valence-electron chi connectivity index (χ2n) is 7.33. The van der Waals surface area contributed by atoms with Gasteiger partial charge in [-0.25, -0.2) is 4.79 Å². The number of allylic oxidation sites excluding steroid dienone is 1. The lowest BCUT2D eigenvalue weighted by atomic mass is 9.95. The molecule has 0 aromatic heterocycles. The van der Waals surface area contributed by atoms with Crippen LogP contribution in [0.25, 0.3) is 0 Å². The molecule has 1 aromatic carbocycles. The second kappa shape index (κ2) is 12.5. The van der Waals surface area contributed by atoms with E-state index in [-0.39, 0.29) is 12.0 Å². The molecule has 160 valence electrons. The summed E-state index contributed by atoms with van der Waals surface area (Å²) in [6.45, 7) is 6.94. The summed E-state index contributed by atoms with van der Waals surface area (Å²) in [6, 6.07) is 7.50. The van der Waals surface area contributed by atoms with Gasteiger partial charge in [0.1, 0.15) is 5.75 Å². The summed E-state index contributed by atoms with van der Waals surface area (Å²) in [5.74, 6) is 0.506. The van der Waals surface area contributed by atoms with E-state index in [9.17, 15) is 4.79 Å². The van der Waals surface area contributed by atoms with Crippen LogP contribution in [0.1, 0.15) is 77.3 Å². The molecule has 0 fully saturated rings. The number of carbonyl (C=O) groups is 1. The third kappa shape index (κ3) is 7.35. The SMILES string of the molecule is CCCCCCCCCOc1ccc([C@@H]2NC(=S)NC(C)=C2C(=O)OCC)cc1. The van der Waals surface area contributed by atoms with E-state index in [0.717, 1.165) is 30.0 Å². The minimum absolute atomic E-state index is 0.332. The molecule has 0 radical (unpaired) electrons. The Kier molecular flexibility index (Phi) is 9.98. The molecule has 0 saturated heterocycles. The summed E-state index contributed by atoms with van der Waals surface area (Å²) in [5, 5.41) is 6.68. The Morgan fingerprint density at radius 3 is 2.34 bits per heavy atom. The Balaban J connectivity index is 1.90. The van der Waals surface area contributed by atoms with E-state index < -0.39 is 0 Å². The molecule has 0 amide bonds. The quantitative estimate of drug-likeness (QED) is 0.277. The van der Waals surface area contributed by atoms with Gasteiger partial charge in [0.2, 0.25) is 0 Å². The lowest BCUT2D eigenvalue weighted by Gasteiger charge is -2.29. The Morgan fingerprint density at radius 1 is 1.03 bits per heavy atom. The zero-order valence-corrected chi connectivity index (χ0v) is 18.7. The normalized spacial score (nSPS) is 16.2. The van der Waals surface area contributed by atoms with E-state index in [1.54, 1.807) is 6.92 Å². The van der Waals surface area contributed by atoms with Crippen molar-refractivity contribution >= 4 is 23.3 Å². The van der Waals surface area contributed by atoms with Crippen LogP contribution in [0.4, 0.5) is 0 Å². The summed E-state index contributed by atoms with van der Waals surface area (Å²) in [7, 11) is 0. The number of carbonyl (C=O) groups excluding carboxylic acids is 1. The summed E-state index contributed by atoms with van der Waals surface area (Å²) < 4.78 is 11.1. The van der Waals surface area contributed by atoms with Crippen LogP contribution >= 0.6 is 12.2 Å². The van der Waals surface area contributed by atoms with Gasteiger partial charge < -0.3 is 20.1 Å². The number of ether oxygens (including phenoxy) is 2. The highest BCUT2D eigenvalue weighted by Crippen LogP contribution is 2.29. The van der Waals surface area contributed by atoms with Gasteiger partial charge in [0.15, 0.2) is 5.11 Å². The smallest absolute Gasteiger partial charge is 0.338 e. The predicted molar refractivity (Wildman–Crippen MR) is 121 cm³/mol. The molecule has 1 aliphatic rings. The molecule has 0 spiro atoms. The van der Waals surface area contributed by atoms with Crippen molar-refractivity contribution < 1.29 is 14.3 Å². The maximum absolute atomic E-state index is 12.4. The summed E-state index contributed by atoms with van der Waals surface area (Å²) >= 11 is 5.27. The third-order valence-corrected chi connectivity index (χ3v) is 5.21. The molecular weight excluding hydrogens is 384 g/mol. The molecule has 1 aromatic rings. The first-order valence-electron chi connectivity index (χ1n) is 10.7. The lowest BCUT2D eigenvalue weighted by Crippen LogP contribution is -2.45. The molecular formula is C23H34N2O3S. The topological polar surface area (TPSA) is 59.6 Å². The van der Waals surface area contributed by atoms with Crippen LogP contribution in [0.3, 0.4) is 0 Å². The van der Waals surface area contributed by atoms with Gasteiger partial charge in [-0.3, -0.25) is 0 Å². The van der Waals surface area contributed by atoms with Crippen LogP contribution in [-0.2, 0) is 9.53 Å². The number of benzene rings is 1. The first-order valence-corrected chi connectivity index (χ1v) is 11.2. The molecule has 2 N–H and O–H groups in total. The maximum atomic E-state index is 12.4. The Morgan fingerprint density at radius 2 is 1.69 bits per heavy atom. The highest BCUT2D eigenvalue weighted by Gasteiger charge is 2.30. The van der Waals surface area contributed by atoms with E-state index in [1.807, 2.05) is 31.2 Å². The Bertz CT molecular complexity index is 701. The highest BCUT2D eigenvalue weighted by molar-refractivity contribution is 7.80. The summed E-state index contributed by atoms with van der Waals surface area (Å²) in [6.07, 6.45) is 8.86. The number of rotatable bonds is 12. The molecule has 5 nitrogen and oxygen atoms in total. The van der Waals surface area contributed by atoms with Gasteiger partial charge in [0.25, 0.3) is 0 Å². The van der Waals surface area contributed by atoms with E-state index in [1.165, 1.54) is 38.5 Å². The van der Waals surface area contributed by atoms with E-state index in [0.29, 0.717) is 17.3 Å². The predicted octanol–water partition coefficient (Wildman–Crippen LogP) is 5.17. The van der Waals surface area contributed by atoms with Gasteiger partial charge in [-0.1, -0.05) is 57.6 Å². The number of esters is 1. The van der Waals surface area contributed by atoms with Crippen LogP contribution in [0.15, 0.2) is 35.5 Å². The number of hydrogen-bond donors (Lipinski definition) is 2. The molecule has 2 rings (SSSR count). The Hall–Kier alpha value is -2.08. The minimum Gasteiger partial charge on any atom is -0.494 e. The van der Waals surface area contributed by atoms with E-state index >= 15 is 0 Å². The lowest BCUT2D eigenvalue weighted by molar-refractivity contribution is -0.139. The standard InChI is InChI=1S/C23H34N2O3S/c1-4-6-7-8-9-10-11-16-28-19-14-12-18(13-15-19)21-20(22(26)27-5-2)17(3)24-23(29)25-21/h12-15,21H,4-11,16H2,1-3H3,(H2,24,25,29)/t21-/m0/s1. The van der Waals surface area contributed by atoms with Crippen molar-refractivity contribution in [2.75, 3.05) is 13.2 Å². The van der Waals surface area contributed by atoms with Gasteiger partial charge in [0, 0.05) is 5.70 Å². The molecule has 1 heterocycles. The van der Waals surface area contributed by atoms with Crippen molar-refractivity contribution in [2.24, 2.45) is 0 Å². The van der Waals surface area contributed by atoms with Crippen LogP contribution < -0.4 is 15.4 Å². The Labute approximate surface area is 180 Å². The van der Waals surface area contributed by atoms with Gasteiger partial charge >= 0.3 is 5.97 Å². The number of hydrogen-bond acceptors (Lipinski definition) is 4. The minimum atomic E-state index is -0.336. The van der Waals surface area contributed by atoms with E-state index in [4.69, 9.17) is 21.7 Å². The highest BCUT2D eigenvalue weighted by atomic mass is 32.1. The molecule has 29 heavy (non-hydrogen) atoms. The first kappa shape index (κ1) is 23.2. The van der Waals surface area contributed by atoms with Crippen LogP contribution in [0, 0.1) is 0 Å². The van der Waals surface area contributed by atoms with Crippen LogP contribution in [-0.4, -0.2) is 24.3 Å². The number of thiocarbonyl (C=S) groups is 1. The van der Waals surface area contributed by atoms with E-state index in [2.05, 4.69) is 17.6 Å². The molecule has 1 atom stereocenters. The average Bonchev–Trinajstić information content (AvgIpc) is 2.70. The first-order chi connectivity index (χ1) is 14.1. The van der Waals surface area contributed by atoms with Crippen molar-refractivity contribution in [3.8, 4) is 5.75 Å². The van der Waals surface area contributed by atoms with Crippen molar-refractivity contribution in [1.82, 2.24) is 10.6 Å². The molecule has 1 aliphatic heterocycles. The molecule has 6 heteroatoms. The maximum Gasteiger partial charge on any atom is 0.338 e. The largest absolute Gasteiger partial charge is 0.494 e. The summed E-state index contributed by atoms with van der Waals surface area (Å²) in [4.78, 5) is 12.4. The zero-order chi connectivity index (χ0) is 21.1. The molecule has 0 unspecified atom stereocenters. The van der Waals surface area contributed by atoms with Crippen molar-refractivity contribution in [1.29, 1.82) is 0 Å². The second-order valence-corrected chi connectivity index (χ2v) is 7.74. The van der Waals surface area contributed by atoms with Crippen molar-refractivity contribution in [3.05, 3.63) is 41.1 Å². The number of unbranched alkanes of at least 4 members (excludes halogenated alkanes) is 6. The zero-order valence-electron chi connectivity index (χ0n) is 17.9. The monoisotopic (exact) mass is 418 g/mol. The number of nitrogens with one attached hydrogen (secondary N) is 2. The molecule has 0 bridgehead atoms.